The summed E-state index contributed by atoms with van der Waals surface area (Å²) < 4.78 is 19.2. The quantitative estimate of drug-likeness (QED) is 0.860. The second kappa shape index (κ2) is 5.80. The zero-order valence-corrected chi connectivity index (χ0v) is 10.4. The molecule has 1 aromatic carbocycles. The first kappa shape index (κ1) is 12.9. The fourth-order valence-electron chi connectivity index (χ4n) is 1.56. The normalized spacial score (nSPS) is 20.8. The highest BCUT2D eigenvalue weighted by atomic mass is 79.9. The number of benzene rings is 1. The lowest BCUT2D eigenvalue weighted by Crippen LogP contribution is -2.34. The maximum atomic E-state index is 13.1. The number of halogens is 3. The van der Waals surface area contributed by atoms with Crippen LogP contribution in [-0.2, 0) is 4.74 Å². The van der Waals surface area contributed by atoms with Gasteiger partial charge in [0.25, 0.3) is 0 Å². The van der Waals surface area contributed by atoms with E-state index in [4.69, 9.17) is 4.74 Å². The van der Waals surface area contributed by atoms with Gasteiger partial charge in [0.05, 0.1) is 19.3 Å². The fourth-order valence-corrected chi connectivity index (χ4v) is 2.04. The van der Waals surface area contributed by atoms with Crippen LogP contribution in [0.1, 0.15) is 11.6 Å². The van der Waals surface area contributed by atoms with E-state index in [0.717, 1.165) is 23.2 Å². The molecule has 1 atom stereocenters. The molecule has 1 aromatic rings. The summed E-state index contributed by atoms with van der Waals surface area (Å²) in [5.74, 6) is -0.221. The van der Waals surface area contributed by atoms with Gasteiger partial charge in [0.1, 0.15) is 5.82 Å². The summed E-state index contributed by atoms with van der Waals surface area (Å²) in [4.78, 5) is 0. The molecule has 2 rings (SSSR count). The minimum absolute atomic E-state index is 0. The molecule has 0 bridgehead atoms. The molecule has 1 heterocycles. The second-order valence-corrected chi connectivity index (χ2v) is 4.20. The highest BCUT2D eigenvalue weighted by Gasteiger charge is 2.15. The Kier molecular flexibility index (Phi) is 4.99. The van der Waals surface area contributed by atoms with E-state index < -0.39 is 0 Å². The molecule has 0 amide bonds. The van der Waals surface area contributed by atoms with Crippen molar-refractivity contribution in [1.29, 1.82) is 0 Å². The van der Waals surface area contributed by atoms with Gasteiger partial charge in [-0.2, -0.15) is 0 Å². The zero-order chi connectivity index (χ0) is 9.97. The van der Waals surface area contributed by atoms with Crippen LogP contribution in [-0.4, -0.2) is 19.8 Å². The molecule has 0 spiro atoms. The molecule has 0 unspecified atom stereocenters. The molecule has 1 aliphatic rings. The molecule has 15 heavy (non-hydrogen) atoms. The minimum Gasteiger partial charge on any atom is -0.378 e. The van der Waals surface area contributed by atoms with Crippen LogP contribution in [0.15, 0.2) is 22.7 Å². The molecular formula is C10H12BrClFNO. The Morgan fingerprint density at radius 1 is 1.40 bits per heavy atom. The standard InChI is InChI=1S/C10H11BrFNO.ClH/c11-8-3-7(4-9(12)5-8)10-6-14-2-1-13-10;/h3-5,10,13H,1-2,6H2;1H/t10-;/m1./s1. The maximum Gasteiger partial charge on any atom is 0.124 e. The highest BCUT2D eigenvalue weighted by molar-refractivity contribution is 9.10. The summed E-state index contributed by atoms with van der Waals surface area (Å²) >= 11 is 3.27. The molecule has 5 heteroatoms. The van der Waals surface area contributed by atoms with Gasteiger partial charge in [0.2, 0.25) is 0 Å². The lowest BCUT2D eigenvalue weighted by Gasteiger charge is -2.24. The van der Waals surface area contributed by atoms with E-state index >= 15 is 0 Å². The van der Waals surface area contributed by atoms with Gasteiger partial charge in [-0.05, 0) is 23.8 Å². The number of hydrogen-bond acceptors (Lipinski definition) is 2. The number of rotatable bonds is 1. The Morgan fingerprint density at radius 2 is 2.20 bits per heavy atom. The molecule has 2 nitrogen and oxygen atoms in total. The zero-order valence-electron chi connectivity index (χ0n) is 8.00. The Bertz CT molecular complexity index is 311. The van der Waals surface area contributed by atoms with Crippen molar-refractivity contribution < 1.29 is 9.13 Å². The topological polar surface area (TPSA) is 21.3 Å². The number of nitrogens with one attached hydrogen (secondary N) is 1. The van der Waals surface area contributed by atoms with Crippen LogP contribution in [0, 0.1) is 5.82 Å². The van der Waals surface area contributed by atoms with E-state index in [1.54, 1.807) is 0 Å². The highest BCUT2D eigenvalue weighted by Crippen LogP contribution is 2.21. The third-order valence-corrected chi connectivity index (χ3v) is 2.67. The van der Waals surface area contributed by atoms with Crippen molar-refractivity contribution in [2.45, 2.75) is 6.04 Å². The third-order valence-electron chi connectivity index (χ3n) is 2.21. The van der Waals surface area contributed by atoms with E-state index in [-0.39, 0.29) is 24.3 Å². The third kappa shape index (κ3) is 3.41. The molecule has 0 radical (unpaired) electrons. The number of ether oxygens (including phenoxy) is 1. The van der Waals surface area contributed by atoms with Crippen LogP contribution in [0.3, 0.4) is 0 Å². The summed E-state index contributed by atoms with van der Waals surface area (Å²) in [6.45, 7) is 2.15. The van der Waals surface area contributed by atoms with Crippen molar-refractivity contribution in [1.82, 2.24) is 5.32 Å². The summed E-state index contributed by atoms with van der Waals surface area (Å²) in [5, 5.41) is 3.28. The average Bonchev–Trinajstić information content (AvgIpc) is 2.18. The van der Waals surface area contributed by atoms with Crippen LogP contribution in [0.25, 0.3) is 0 Å². The molecule has 84 valence electrons. The molecule has 0 aromatic heterocycles. The van der Waals surface area contributed by atoms with Gasteiger partial charge in [-0.25, -0.2) is 4.39 Å². The van der Waals surface area contributed by atoms with Crippen LogP contribution in [0.2, 0.25) is 0 Å². The van der Waals surface area contributed by atoms with Crippen molar-refractivity contribution in [3.63, 3.8) is 0 Å². The van der Waals surface area contributed by atoms with E-state index in [9.17, 15) is 4.39 Å². The van der Waals surface area contributed by atoms with E-state index in [2.05, 4.69) is 21.2 Å². The van der Waals surface area contributed by atoms with Crippen molar-refractivity contribution in [3.05, 3.63) is 34.1 Å². The van der Waals surface area contributed by atoms with Gasteiger partial charge in [-0.3, -0.25) is 0 Å². The molecule has 1 saturated heterocycles. The van der Waals surface area contributed by atoms with Gasteiger partial charge in [0, 0.05) is 11.0 Å². The fraction of sp³-hybridized carbons (Fsp3) is 0.400. The smallest absolute Gasteiger partial charge is 0.124 e. The predicted molar refractivity (Wildman–Crippen MR) is 62.9 cm³/mol. The first-order chi connectivity index (χ1) is 6.75. The number of morpholine rings is 1. The van der Waals surface area contributed by atoms with Crippen molar-refractivity contribution in [2.75, 3.05) is 19.8 Å². The summed E-state index contributed by atoms with van der Waals surface area (Å²) in [6.07, 6.45) is 0. The second-order valence-electron chi connectivity index (χ2n) is 3.28. The molecule has 0 aliphatic carbocycles. The minimum atomic E-state index is -0.221. The van der Waals surface area contributed by atoms with Gasteiger partial charge in [-0.1, -0.05) is 15.9 Å². The van der Waals surface area contributed by atoms with Crippen LogP contribution in [0.5, 0.6) is 0 Å². The van der Waals surface area contributed by atoms with E-state index in [1.807, 2.05) is 6.07 Å². The maximum absolute atomic E-state index is 13.1. The Balaban J connectivity index is 0.00000112. The van der Waals surface area contributed by atoms with Crippen molar-refractivity contribution >= 4 is 28.3 Å². The van der Waals surface area contributed by atoms with Gasteiger partial charge in [0.15, 0.2) is 0 Å². The van der Waals surface area contributed by atoms with E-state index in [1.165, 1.54) is 12.1 Å². The van der Waals surface area contributed by atoms with Crippen LogP contribution < -0.4 is 5.32 Å². The lowest BCUT2D eigenvalue weighted by atomic mass is 10.1. The Labute approximate surface area is 103 Å². The van der Waals surface area contributed by atoms with Gasteiger partial charge < -0.3 is 10.1 Å². The average molecular weight is 297 g/mol. The van der Waals surface area contributed by atoms with Crippen LogP contribution in [0.4, 0.5) is 4.39 Å². The predicted octanol–water partition coefficient (Wildman–Crippen LogP) is 2.67. The molecular weight excluding hydrogens is 284 g/mol. The largest absolute Gasteiger partial charge is 0.378 e. The van der Waals surface area contributed by atoms with Crippen molar-refractivity contribution in [2.24, 2.45) is 0 Å². The Hall–Kier alpha value is -0.160. The SMILES string of the molecule is Cl.Fc1cc(Br)cc([C@H]2COCCN2)c1. The number of hydrogen-bond donors (Lipinski definition) is 1. The Morgan fingerprint density at radius 3 is 2.80 bits per heavy atom. The van der Waals surface area contributed by atoms with Crippen molar-refractivity contribution in [3.8, 4) is 0 Å². The van der Waals surface area contributed by atoms with E-state index in [0.29, 0.717) is 6.61 Å². The summed E-state index contributed by atoms with van der Waals surface area (Å²) in [6, 6.07) is 5.01. The first-order valence-corrected chi connectivity index (χ1v) is 5.32. The lowest BCUT2D eigenvalue weighted by molar-refractivity contribution is 0.0768. The van der Waals surface area contributed by atoms with Crippen LogP contribution >= 0.6 is 28.3 Å². The summed E-state index contributed by atoms with van der Waals surface area (Å²) in [5.41, 5.74) is 0.927. The van der Waals surface area contributed by atoms with Gasteiger partial charge >= 0.3 is 0 Å². The summed E-state index contributed by atoms with van der Waals surface area (Å²) in [7, 11) is 0. The first-order valence-electron chi connectivity index (χ1n) is 4.53. The monoisotopic (exact) mass is 295 g/mol. The molecule has 1 aliphatic heterocycles. The molecule has 1 N–H and O–H groups in total. The van der Waals surface area contributed by atoms with Gasteiger partial charge in [-0.15, -0.1) is 12.4 Å². The molecule has 1 fully saturated rings. The molecule has 0 saturated carbocycles.